The monoisotopic (exact) mass is 392 g/mol. The van der Waals surface area contributed by atoms with Crippen molar-refractivity contribution < 1.29 is 4.43 Å². The van der Waals surface area contributed by atoms with Crippen molar-refractivity contribution in [3.05, 3.63) is 12.2 Å². The quantitative estimate of drug-likeness (QED) is 0.328. The Morgan fingerprint density at radius 3 is 2.19 bits per heavy atom. The van der Waals surface area contributed by atoms with E-state index in [1.807, 2.05) is 0 Å². The van der Waals surface area contributed by atoms with Gasteiger partial charge in [-0.05, 0) is 78.8 Å². The second kappa shape index (κ2) is 8.34. The molecule has 0 bridgehead atoms. The molecular formula is C25H48OSi. The maximum Gasteiger partial charge on any atom is 0.192 e. The maximum atomic E-state index is 7.00. The SMILES string of the molecule is CC(C)C(C)/C=C/C(C)C1CCC2C(O[Si](C)(C)C(C)(C)C)CCCC12C. The zero-order chi connectivity index (χ0) is 20.6. The van der Waals surface area contributed by atoms with Gasteiger partial charge in [-0.1, -0.05) is 74.0 Å². The molecule has 2 heteroatoms. The molecule has 0 N–H and O–H groups in total. The fraction of sp³-hybridized carbons (Fsp3) is 0.920. The summed E-state index contributed by atoms with van der Waals surface area (Å²) in [5.74, 6) is 3.69. The highest BCUT2D eigenvalue weighted by Gasteiger charge is 2.54. The topological polar surface area (TPSA) is 9.23 Å². The van der Waals surface area contributed by atoms with Crippen LogP contribution in [0.25, 0.3) is 0 Å². The van der Waals surface area contributed by atoms with E-state index in [1.165, 1.54) is 32.1 Å². The van der Waals surface area contributed by atoms with E-state index in [0.29, 0.717) is 28.4 Å². The third-order valence-electron chi connectivity index (χ3n) is 8.79. The van der Waals surface area contributed by atoms with Crippen LogP contribution < -0.4 is 0 Å². The van der Waals surface area contributed by atoms with Crippen molar-refractivity contribution in [2.45, 2.75) is 112 Å². The summed E-state index contributed by atoms with van der Waals surface area (Å²) >= 11 is 0. The van der Waals surface area contributed by atoms with Gasteiger partial charge < -0.3 is 4.43 Å². The van der Waals surface area contributed by atoms with Crippen molar-refractivity contribution in [2.24, 2.45) is 35.0 Å². The summed E-state index contributed by atoms with van der Waals surface area (Å²) < 4.78 is 7.00. The van der Waals surface area contributed by atoms with Crippen LogP contribution in [0.5, 0.6) is 0 Å². The first-order valence-electron chi connectivity index (χ1n) is 11.7. The van der Waals surface area contributed by atoms with Crippen LogP contribution in [-0.2, 0) is 4.43 Å². The van der Waals surface area contributed by atoms with Crippen LogP contribution in [-0.4, -0.2) is 14.4 Å². The van der Waals surface area contributed by atoms with Crippen LogP contribution in [0.3, 0.4) is 0 Å². The second-order valence-corrected chi connectivity index (χ2v) is 16.7. The zero-order valence-electron chi connectivity index (χ0n) is 20.1. The summed E-state index contributed by atoms with van der Waals surface area (Å²) in [4.78, 5) is 0. The van der Waals surface area contributed by atoms with Crippen LogP contribution in [0.15, 0.2) is 12.2 Å². The smallest absolute Gasteiger partial charge is 0.192 e. The molecule has 2 saturated carbocycles. The number of hydrogen-bond acceptors (Lipinski definition) is 1. The summed E-state index contributed by atoms with van der Waals surface area (Å²) in [5.41, 5.74) is 0.468. The Morgan fingerprint density at radius 1 is 1.00 bits per heavy atom. The molecule has 0 radical (unpaired) electrons. The Morgan fingerprint density at radius 2 is 1.63 bits per heavy atom. The van der Waals surface area contributed by atoms with Crippen molar-refractivity contribution in [3.8, 4) is 0 Å². The highest BCUT2D eigenvalue weighted by atomic mass is 28.4. The fourth-order valence-electron chi connectivity index (χ4n) is 5.43. The van der Waals surface area contributed by atoms with E-state index in [1.54, 1.807) is 0 Å². The van der Waals surface area contributed by atoms with Gasteiger partial charge in [-0.2, -0.15) is 0 Å². The maximum absolute atomic E-state index is 7.00. The molecule has 0 aromatic rings. The minimum Gasteiger partial charge on any atom is -0.414 e. The third kappa shape index (κ3) is 4.92. The molecule has 2 rings (SSSR count). The summed E-state index contributed by atoms with van der Waals surface area (Å²) in [7, 11) is -1.69. The molecule has 0 spiro atoms. The van der Waals surface area contributed by atoms with E-state index in [9.17, 15) is 0 Å². The molecule has 0 aliphatic heterocycles. The summed E-state index contributed by atoms with van der Waals surface area (Å²) in [6.07, 6.45) is 12.3. The lowest BCUT2D eigenvalue weighted by Crippen LogP contribution is -2.50. The van der Waals surface area contributed by atoms with Crippen molar-refractivity contribution in [1.82, 2.24) is 0 Å². The first kappa shape index (κ1) is 23.2. The molecule has 0 amide bonds. The van der Waals surface area contributed by atoms with Crippen LogP contribution >= 0.6 is 0 Å². The Hall–Kier alpha value is -0.0831. The van der Waals surface area contributed by atoms with Gasteiger partial charge in [0.15, 0.2) is 8.32 Å². The molecular weight excluding hydrogens is 344 g/mol. The van der Waals surface area contributed by atoms with Crippen LogP contribution in [0, 0.1) is 35.0 Å². The normalized spacial score (nSPS) is 34.9. The molecule has 6 unspecified atom stereocenters. The molecule has 158 valence electrons. The Labute approximate surface area is 171 Å². The second-order valence-electron chi connectivity index (χ2n) is 12.0. The van der Waals surface area contributed by atoms with Crippen LogP contribution in [0.2, 0.25) is 18.1 Å². The molecule has 27 heavy (non-hydrogen) atoms. The van der Waals surface area contributed by atoms with Gasteiger partial charge in [-0.15, -0.1) is 0 Å². The van der Waals surface area contributed by atoms with Gasteiger partial charge in [0.25, 0.3) is 0 Å². The van der Waals surface area contributed by atoms with E-state index in [-0.39, 0.29) is 0 Å². The predicted molar refractivity (Wildman–Crippen MR) is 123 cm³/mol. The van der Waals surface area contributed by atoms with Crippen LogP contribution in [0.4, 0.5) is 0 Å². The summed E-state index contributed by atoms with van der Waals surface area (Å²) in [6, 6.07) is 0. The van der Waals surface area contributed by atoms with Crippen molar-refractivity contribution in [2.75, 3.05) is 0 Å². The predicted octanol–water partition coefficient (Wildman–Crippen LogP) is 8.08. The summed E-state index contributed by atoms with van der Waals surface area (Å²) in [5, 5.41) is 0.307. The van der Waals surface area contributed by atoms with Gasteiger partial charge >= 0.3 is 0 Å². The molecule has 6 atom stereocenters. The van der Waals surface area contributed by atoms with Crippen molar-refractivity contribution in [1.29, 1.82) is 0 Å². The lowest BCUT2D eigenvalue weighted by Gasteiger charge is -2.49. The van der Waals surface area contributed by atoms with Gasteiger partial charge in [0.05, 0.1) is 0 Å². The lowest BCUT2D eigenvalue weighted by atomic mass is 9.62. The van der Waals surface area contributed by atoms with E-state index < -0.39 is 8.32 Å². The average Bonchev–Trinajstić information content (AvgIpc) is 2.89. The highest BCUT2D eigenvalue weighted by molar-refractivity contribution is 6.74. The first-order chi connectivity index (χ1) is 12.3. The third-order valence-corrected chi connectivity index (χ3v) is 13.3. The Bertz CT molecular complexity index is 515. The van der Waals surface area contributed by atoms with E-state index >= 15 is 0 Å². The zero-order valence-corrected chi connectivity index (χ0v) is 21.1. The molecule has 2 fully saturated rings. The molecule has 0 aromatic carbocycles. The van der Waals surface area contributed by atoms with Crippen LogP contribution in [0.1, 0.15) is 87.5 Å². The Balaban J connectivity index is 2.13. The number of allylic oxidation sites excluding steroid dienone is 2. The standard InChI is InChI=1S/C25H48OSi/c1-18(2)19(3)13-14-20(4)21-15-16-22-23(12-11-17-25(21,22)8)26-27(9,10)24(5,6)7/h13-14,18-23H,11-12,15-17H2,1-10H3/b14-13+. The molecule has 0 aromatic heterocycles. The van der Waals surface area contributed by atoms with Crippen molar-refractivity contribution in [3.63, 3.8) is 0 Å². The minimum atomic E-state index is -1.69. The van der Waals surface area contributed by atoms with E-state index in [0.717, 1.165) is 17.8 Å². The molecule has 2 aliphatic carbocycles. The van der Waals surface area contributed by atoms with E-state index in [4.69, 9.17) is 4.43 Å². The molecule has 0 saturated heterocycles. The number of hydrogen-bond donors (Lipinski definition) is 0. The molecule has 2 aliphatic rings. The van der Waals surface area contributed by atoms with Gasteiger partial charge in [-0.3, -0.25) is 0 Å². The first-order valence-corrected chi connectivity index (χ1v) is 14.6. The lowest BCUT2D eigenvalue weighted by molar-refractivity contribution is -0.0163. The van der Waals surface area contributed by atoms with Crippen molar-refractivity contribution >= 4 is 8.32 Å². The molecule has 1 nitrogen and oxygen atoms in total. The van der Waals surface area contributed by atoms with Gasteiger partial charge in [0.2, 0.25) is 0 Å². The van der Waals surface area contributed by atoms with Gasteiger partial charge in [-0.25, -0.2) is 0 Å². The Kier molecular flexibility index (Phi) is 7.17. The minimum absolute atomic E-state index is 0.307. The fourth-order valence-corrected chi connectivity index (χ4v) is 6.82. The summed E-state index contributed by atoms with van der Waals surface area (Å²) in [6.45, 7) is 24.1. The van der Waals surface area contributed by atoms with E-state index in [2.05, 4.69) is 80.6 Å². The number of fused-ring (bicyclic) bond motifs is 1. The largest absolute Gasteiger partial charge is 0.414 e. The highest BCUT2D eigenvalue weighted by Crippen LogP contribution is 2.59. The average molecular weight is 393 g/mol. The number of rotatable bonds is 6. The van der Waals surface area contributed by atoms with Gasteiger partial charge in [0, 0.05) is 6.10 Å². The molecule has 0 heterocycles. The van der Waals surface area contributed by atoms with Gasteiger partial charge in [0.1, 0.15) is 0 Å².